The number of piperazine rings is 1. The standard InChI is InChI=1S/C12H22N2O2/c1-9-7-13-12(5-6-12)8-14(9)10(15)16-11(2,3)4/h9,13H,5-8H2,1-4H3/t9-/m0/s1. The summed E-state index contributed by atoms with van der Waals surface area (Å²) in [5, 5.41) is 3.52. The molecule has 16 heavy (non-hydrogen) atoms. The van der Waals surface area contributed by atoms with Crippen LogP contribution in [-0.4, -0.2) is 41.3 Å². The Bertz CT molecular complexity index is 292. The third-order valence-corrected chi connectivity index (χ3v) is 3.26. The van der Waals surface area contributed by atoms with Crippen LogP contribution in [0.3, 0.4) is 0 Å². The molecule has 1 saturated carbocycles. The zero-order valence-electron chi connectivity index (χ0n) is 10.7. The Labute approximate surface area is 97.3 Å². The van der Waals surface area contributed by atoms with Gasteiger partial charge in [0.1, 0.15) is 5.60 Å². The molecule has 1 atom stereocenters. The molecule has 2 rings (SSSR count). The molecule has 0 aromatic carbocycles. The van der Waals surface area contributed by atoms with Crippen LogP contribution < -0.4 is 5.32 Å². The molecule has 1 heterocycles. The summed E-state index contributed by atoms with van der Waals surface area (Å²) in [5.74, 6) is 0. The van der Waals surface area contributed by atoms with Crippen molar-refractivity contribution in [1.29, 1.82) is 0 Å². The first-order chi connectivity index (χ1) is 7.31. The Morgan fingerprint density at radius 2 is 2.06 bits per heavy atom. The average molecular weight is 226 g/mol. The summed E-state index contributed by atoms with van der Waals surface area (Å²) in [5.41, 5.74) is -0.193. The number of nitrogens with one attached hydrogen (secondary N) is 1. The van der Waals surface area contributed by atoms with Gasteiger partial charge in [-0.25, -0.2) is 4.79 Å². The number of carbonyl (C=O) groups excluding carboxylic acids is 1. The number of nitrogens with zero attached hydrogens (tertiary/aromatic N) is 1. The van der Waals surface area contributed by atoms with E-state index in [1.807, 2.05) is 25.7 Å². The lowest BCUT2D eigenvalue weighted by molar-refractivity contribution is 0.00811. The molecule has 2 fully saturated rings. The smallest absolute Gasteiger partial charge is 0.410 e. The third-order valence-electron chi connectivity index (χ3n) is 3.26. The molecule has 2 aliphatic rings. The minimum atomic E-state index is -0.404. The molecule has 0 radical (unpaired) electrons. The van der Waals surface area contributed by atoms with E-state index in [2.05, 4.69) is 12.2 Å². The minimum absolute atomic E-state index is 0.173. The van der Waals surface area contributed by atoms with Gasteiger partial charge in [-0.05, 0) is 40.5 Å². The number of hydrogen-bond acceptors (Lipinski definition) is 3. The van der Waals surface area contributed by atoms with Gasteiger partial charge in [0.05, 0.1) is 0 Å². The normalized spacial score (nSPS) is 28.0. The SMILES string of the molecule is C[C@H]1CNC2(CC2)CN1C(=O)OC(C)(C)C. The van der Waals surface area contributed by atoms with Gasteiger partial charge in [-0.15, -0.1) is 0 Å². The van der Waals surface area contributed by atoms with E-state index < -0.39 is 5.60 Å². The van der Waals surface area contributed by atoms with Gasteiger partial charge in [-0.3, -0.25) is 0 Å². The van der Waals surface area contributed by atoms with Crippen molar-refractivity contribution in [3.05, 3.63) is 0 Å². The van der Waals surface area contributed by atoms with Crippen molar-refractivity contribution < 1.29 is 9.53 Å². The van der Waals surface area contributed by atoms with Gasteiger partial charge in [-0.2, -0.15) is 0 Å². The van der Waals surface area contributed by atoms with Crippen molar-refractivity contribution in [2.75, 3.05) is 13.1 Å². The number of hydrogen-bond donors (Lipinski definition) is 1. The first kappa shape index (κ1) is 11.7. The topological polar surface area (TPSA) is 41.6 Å². The van der Waals surface area contributed by atoms with Crippen LogP contribution >= 0.6 is 0 Å². The van der Waals surface area contributed by atoms with Crippen LogP contribution in [0.5, 0.6) is 0 Å². The summed E-state index contributed by atoms with van der Waals surface area (Å²) in [4.78, 5) is 13.9. The molecule has 1 aliphatic heterocycles. The fraction of sp³-hybridized carbons (Fsp3) is 0.917. The molecule has 4 heteroatoms. The van der Waals surface area contributed by atoms with Crippen LogP contribution in [0.2, 0.25) is 0 Å². The zero-order chi connectivity index (χ0) is 12.0. The van der Waals surface area contributed by atoms with Crippen molar-refractivity contribution in [2.24, 2.45) is 0 Å². The van der Waals surface area contributed by atoms with Crippen molar-refractivity contribution >= 4 is 6.09 Å². The van der Waals surface area contributed by atoms with E-state index in [9.17, 15) is 4.79 Å². The Morgan fingerprint density at radius 1 is 1.44 bits per heavy atom. The van der Waals surface area contributed by atoms with Crippen molar-refractivity contribution in [1.82, 2.24) is 10.2 Å². The van der Waals surface area contributed by atoms with Crippen LogP contribution in [0.25, 0.3) is 0 Å². The maximum absolute atomic E-state index is 12.0. The fourth-order valence-corrected chi connectivity index (χ4v) is 2.06. The molecule has 4 nitrogen and oxygen atoms in total. The lowest BCUT2D eigenvalue weighted by Gasteiger charge is -2.39. The molecule has 1 amide bonds. The van der Waals surface area contributed by atoms with E-state index in [4.69, 9.17) is 4.74 Å². The van der Waals surface area contributed by atoms with E-state index in [-0.39, 0.29) is 17.7 Å². The van der Waals surface area contributed by atoms with Crippen LogP contribution in [0, 0.1) is 0 Å². The van der Waals surface area contributed by atoms with E-state index in [0.29, 0.717) is 0 Å². The van der Waals surface area contributed by atoms with E-state index >= 15 is 0 Å². The van der Waals surface area contributed by atoms with Crippen LogP contribution in [0.15, 0.2) is 0 Å². The fourth-order valence-electron chi connectivity index (χ4n) is 2.06. The number of carbonyl (C=O) groups is 1. The highest BCUT2D eigenvalue weighted by atomic mass is 16.6. The van der Waals surface area contributed by atoms with E-state index in [1.54, 1.807) is 0 Å². The second-order valence-corrected chi connectivity index (χ2v) is 6.12. The predicted molar refractivity (Wildman–Crippen MR) is 62.4 cm³/mol. The third kappa shape index (κ3) is 2.48. The molecule has 0 aromatic heterocycles. The summed E-state index contributed by atoms with van der Waals surface area (Å²) in [6, 6.07) is 0.223. The molecule has 0 unspecified atom stereocenters. The van der Waals surface area contributed by atoms with Gasteiger partial charge in [0.25, 0.3) is 0 Å². The molecule has 1 N–H and O–H groups in total. The summed E-state index contributed by atoms with van der Waals surface area (Å²) in [7, 11) is 0. The largest absolute Gasteiger partial charge is 0.444 e. The Hall–Kier alpha value is -0.770. The van der Waals surface area contributed by atoms with Crippen molar-refractivity contribution in [3.8, 4) is 0 Å². The molecule has 92 valence electrons. The maximum Gasteiger partial charge on any atom is 0.410 e. The molecular formula is C12H22N2O2. The monoisotopic (exact) mass is 226 g/mol. The van der Waals surface area contributed by atoms with Crippen LogP contribution in [0.4, 0.5) is 4.79 Å². The second kappa shape index (κ2) is 3.62. The Kier molecular flexibility index (Phi) is 2.65. The van der Waals surface area contributed by atoms with Gasteiger partial charge in [0.2, 0.25) is 0 Å². The summed E-state index contributed by atoms with van der Waals surface area (Å²) in [6.45, 7) is 9.45. The highest BCUT2D eigenvalue weighted by molar-refractivity contribution is 5.69. The number of rotatable bonds is 0. The lowest BCUT2D eigenvalue weighted by Crippen LogP contribution is -2.59. The molecule has 1 saturated heterocycles. The Morgan fingerprint density at radius 3 is 2.56 bits per heavy atom. The first-order valence-electron chi connectivity index (χ1n) is 6.06. The zero-order valence-corrected chi connectivity index (χ0v) is 10.7. The first-order valence-corrected chi connectivity index (χ1v) is 6.06. The van der Waals surface area contributed by atoms with Crippen LogP contribution in [0.1, 0.15) is 40.5 Å². The number of amides is 1. The van der Waals surface area contributed by atoms with Gasteiger partial charge < -0.3 is 15.0 Å². The van der Waals surface area contributed by atoms with Gasteiger partial charge in [0.15, 0.2) is 0 Å². The molecule has 1 aliphatic carbocycles. The maximum atomic E-state index is 12.0. The molecule has 1 spiro atoms. The summed E-state index contributed by atoms with van der Waals surface area (Å²) >= 11 is 0. The summed E-state index contributed by atoms with van der Waals surface area (Å²) < 4.78 is 5.43. The van der Waals surface area contributed by atoms with Gasteiger partial charge in [-0.1, -0.05) is 0 Å². The van der Waals surface area contributed by atoms with Gasteiger partial charge >= 0.3 is 6.09 Å². The van der Waals surface area contributed by atoms with Crippen molar-refractivity contribution in [3.63, 3.8) is 0 Å². The highest BCUT2D eigenvalue weighted by Gasteiger charge is 2.48. The molecular weight excluding hydrogens is 204 g/mol. The second-order valence-electron chi connectivity index (χ2n) is 6.12. The predicted octanol–water partition coefficient (Wildman–Crippen LogP) is 1.75. The molecule has 0 bridgehead atoms. The highest BCUT2D eigenvalue weighted by Crippen LogP contribution is 2.38. The van der Waals surface area contributed by atoms with E-state index in [1.165, 1.54) is 12.8 Å². The number of ether oxygens (including phenoxy) is 1. The molecule has 0 aromatic rings. The summed E-state index contributed by atoms with van der Waals surface area (Å²) in [6.07, 6.45) is 2.19. The van der Waals surface area contributed by atoms with Crippen LogP contribution in [-0.2, 0) is 4.74 Å². The quantitative estimate of drug-likeness (QED) is 0.684. The Balaban J connectivity index is 1.98. The lowest BCUT2D eigenvalue weighted by atomic mass is 10.1. The van der Waals surface area contributed by atoms with Gasteiger partial charge in [0, 0.05) is 24.7 Å². The average Bonchev–Trinajstić information content (AvgIpc) is 2.87. The van der Waals surface area contributed by atoms with E-state index in [0.717, 1.165) is 13.1 Å². The minimum Gasteiger partial charge on any atom is -0.444 e. The van der Waals surface area contributed by atoms with Crippen molar-refractivity contribution in [2.45, 2.75) is 57.7 Å².